The molecule has 0 spiro atoms. The van der Waals surface area contributed by atoms with Gasteiger partial charge in [-0.05, 0) is 66.1 Å². The molecule has 1 saturated carbocycles. The standard InChI is InChI=1S/C29H30F3N5O2/c1-17(36-11-19-6-20(19)12-36)18-7-23-24(25(8-18)29(30,31)32)13-37(27(23)38)22-5-3-4-21(9-22)28(14-39-15-28)10-26-34-33-16-35(26)2/h3-5,7-9,16-17,19-20H,6,10-15H2,1-2H3. The number of hydrogen-bond acceptors (Lipinski definition) is 5. The number of aryl methyl sites for hydroxylation is 1. The van der Waals surface area contributed by atoms with Crippen molar-refractivity contribution in [1.29, 1.82) is 0 Å². The molecule has 0 N–H and O–H groups in total. The molecule has 10 heteroatoms. The second-order valence-corrected chi connectivity index (χ2v) is 11.7. The lowest BCUT2D eigenvalue weighted by atomic mass is 9.75. The van der Waals surface area contributed by atoms with E-state index in [1.165, 1.54) is 17.4 Å². The largest absolute Gasteiger partial charge is 0.416 e. The molecule has 1 aromatic heterocycles. The second kappa shape index (κ2) is 8.63. The third kappa shape index (κ3) is 4.07. The van der Waals surface area contributed by atoms with Gasteiger partial charge in [0.1, 0.15) is 12.2 Å². The minimum Gasteiger partial charge on any atom is -0.379 e. The highest BCUT2D eigenvalue weighted by Crippen LogP contribution is 2.48. The number of anilines is 1. The zero-order valence-electron chi connectivity index (χ0n) is 21.9. The molecule has 204 valence electrons. The van der Waals surface area contributed by atoms with Crippen molar-refractivity contribution in [2.45, 2.75) is 43.9 Å². The van der Waals surface area contributed by atoms with Gasteiger partial charge in [0.15, 0.2) is 0 Å². The third-order valence-corrected chi connectivity index (χ3v) is 9.24. The fraction of sp³-hybridized carbons (Fsp3) is 0.483. The number of hydrogen-bond donors (Lipinski definition) is 0. The molecule has 2 saturated heterocycles. The van der Waals surface area contributed by atoms with Gasteiger partial charge in [0.05, 0.1) is 25.3 Å². The first-order chi connectivity index (χ1) is 18.6. The summed E-state index contributed by atoms with van der Waals surface area (Å²) in [6, 6.07) is 10.3. The smallest absolute Gasteiger partial charge is 0.379 e. The lowest BCUT2D eigenvalue weighted by molar-refractivity contribution is -0.138. The fourth-order valence-electron chi connectivity index (χ4n) is 6.59. The molecule has 1 aliphatic carbocycles. The maximum atomic E-state index is 14.3. The molecule has 7 rings (SSSR count). The van der Waals surface area contributed by atoms with E-state index in [2.05, 4.69) is 15.1 Å². The van der Waals surface area contributed by atoms with Crippen LogP contribution in [0.15, 0.2) is 42.7 Å². The number of alkyl halides is 3. The average Bonchev–Trinajstić information content (AvgIpc) is 3.16. The topological polar surface area (TPSA) is 63.5 Å². The molecule has 3 fully saturated rings. The zero-order chi connectivity index (χ0) is 27.1. The summed E-state index contributed by atoms with van der Waals surface area (Å²) in [4.78, 5) is 17.4. The lowest BCUT2D eigenvalue weighted by Gasteiger charge is -2.42. The third-order valence-electron chi connectivity index (χ3n) is 9.24. The Hall–Kier alpha value is -3.24. The summed E-state index contributed by atoms with van der Waals surface area (Å²) in [6.07, 6.45) is -1.06. The number of halogens is 3. The summed E-state index contributed by atoms with van der Waals surface area (Å²) in [5.41, 5.74) is 1.28. The molecule has 3 aliphatic heterocycles. The van der Waals surface area contributed by atoms with Crippen LogP contribution in [0.5, 0.6) is 0 Å². The monoisotopic (exact) mass is 537 g/mol. The molecule has 0 bridgehead atoms. The van der Waals surface area contributed by atoms with Gasteiger partial charge in [0.2, 0.25) is 0 Å². The van der Waals surface area contributed by atoms with Crippen LogP contribution < -0.4 is 4.90 Å². The van der Waals surface area contributed by atoms with Crippen LogP contribution in [0.25, 0.3) is 0 Å². The van der Waals surface area contributed by atoms with E-state index in [1.807, 2.05) is 36.7 Å². The van der Waals surface area contributed by atoms with Gasteiger partial charge < -0.3 is 14.2 Å². The number of amides is 1. The van der Waals surface area contributed by atoms with Crippen molar-refractivity contribution in [1.82, 2.24) is 19.7 Å². The molecule has 39 heavy (non-hydrogen) atoms. The lowest BCUT2D eigenvalue weighted by Crippen LogP contribution is -2.49. The van der Waals surface area contributed by atoms with E-state index in [1.54, 1.807) is 18.5 Å². The average molecular weight is 538 g/mol. The minimum atomic E-state index is -4.55. The first kappa shape index (κ1) is 24.8. The van der Waals surface area contributed by atoms with Crippen LogP contribution in [0.2, 0.25) is 0 Å². The summed E-state index contributed by atoms with van der Waals surface area (Å²) >= 11 is 0. The maximum absolute atomic E-state index is 14.3. The van der Waals surface area contributed by atoms with Crippen LogP contribution >= 0.6 is 0 Å². The van der Waals surface area contributed by atoms with E-state index >= 15 is 0 Å². The molecule has 0 radical (unpaired) electrons. The molecule has 3 aromatic rings. The molecule has 7 nitrogen and oxygen atoms in total. The number of likely N-dealkylation sites (tertiary alicyclic amines) is 1. The number of benzene rings is 2. The Morgan fingerprint density at radius 2 is 1.92 bits per heavy atom. The van der Waals surface area contributed by atoms with Crippen molar-refractivity contribution < 1.29 is 22.7 Å². The van der Waals surface area contributed by atoms with Crippen LogP contribution in [0, 0.1) is 11.8 Å². The van der Waals surface area contributed by atoms with Crippen molar-refractivity contribution in [3.05, 3.63) is 76.4 Å². The van der Waals surface area contributed by atoms with Crippen LogP contribution in [0.4, 0.5) is 18.9 Å². The van der Waals surface area contributed by atoms with Gasteiger partial charge in [-0.2, -0.15) is 13.2 Å². The quantitative estimate of drug-likeness (QED) is 0.463. The van der Waals surface area contributed by atoms with Gasteiger partial charge in [-0.15, -0.1) is 10.2 Å². The number of nitrogens with zero attached hydrogens (tertiary/aromatic N) is 5. The van der Waals surface area contributed by atoms with Crippen molar-refractivity contribution >= 4 is 11.6 Å². The number of piperidine rings is 1. The van der Waals surface area contributed by atoms with Gasteiger partial charge in [-0.3, -0.25) is 9.69 Å². The van der Waals surface area contributed by atoms with Crippen LogP contribution in [-0.2, 0) is 36.3 Å². The maximum Gasteiger partial charge on any atom is 0.416 e. The second-order valence-electron chi connectivity index (χ2n) is 11.7. The Balaban J connectivity index is 1.21. The Morgan fingerprint density at radius 1 is 1.15 bits per heavy atom. The zero-order valence-corrected chi connectivity index (χ0v) is 21.9. The summed E-state index contributed by atoms with van der Waals surface area (Å²) in [5, 5.41) is 8.19. The molecule has 3 unspecified atom stereocenters. The van der Waals surface area contributed by atoms with Crippen LogP contribution in [0.3, 0.4) is 0 Å². The Labute approximate surface area is 224 Å². The summed E-state index contributed by atoms with van der Waals surface area (Å²) in [7, 11) is 1.89. The highest BCUT2D eigenvalue weighted by Gasteiger charge is 2.47. The van der Waals surface area contributed by atoms with Gasteiger partial charge in [-0.1, -0.05) is 12.1 Å². The minimum absolute atomic E-state index is 0.0545. The molecule has 2 aromatic carbocycles. The highest BCUT2D eigenvalue weighted by molar-refractivity contribution is 6.10. The fourth-order valence-corrected chi connectivity index (χ4v) is 6.59. The van der Waals surface area contributed by atoms with Crippen molar-refractivity contribution in [2.24, 2.45) is 18.9 Å². The van der Waals surface area contributed by atoms with Crippen LogP contribution in [-0.4, -0.2) is 51.9 Å². The van der Waals surface area contributed by atoms with E-state index < -0.39 is 17.6 Å². The number of fused-ring (bicyclic) bond motifs is 2. The Kier molecular flexibility index (Phi) is 5.48. The van der Waals surface area contributed by atoms with Crippen molar-refractivity contribution in [3.8, 4) is 0 Å². The molecular weight excluding hydrogens is 507 g/mol. The van der Waals surface area contributed by atoms with E-state index in [-0.39, 0.29) is 29.1 Å². The normalized spacial score (nSPS) is 24.4. The SMILES string of the molecule is CC(c1cc2c(c(C(F)(F)F)c1)CN(c1cccc(C3(Cc4nncn4C)COC3)c1)C2=O)N1CC2CC2C1. The predicted octanol–water partition coefficient (Wildman–Crippen LogP) is 4.52. The van der Waals surface area contributed by atoms with E-state index in [0.29, 0.717) is 42.7 Å². The Morgan fingerprint density at radius 3 is 2.56 bits per heavy atom. The van der Waals surface area contributed by atoms with E-state index in [0.717, 1.165) is 24.5 Å². The molecule has 1 amide bonds. The predicted molar refractivity (Wildman–Crippen MR) is 137 cm³/mol. The number of rotatable bonds is 6. The summed E-state index contributed by atoms with van der Waals surface area (Å²) in [6.45, 7) is 4.66. The van der Waals surface area contributed by atoms with Gasteiger partial charge in [0, 0.05) is 49.3 Å². The van der Waals surface area contributed by atoms with Crippen molar-refractivity contribution in [2.75, 3.05) is 31.2 Å². The van der Waals surface area contributed by atoms with Gasteiger partial charge in [0.25, 0.3) is 5.91 Å². The molecule has 4 aliphatic rings. The molecular formula is C29H30F3N5O2. The first-order valence-corrected chi connectivity index (χ1v) is 13.4. The van der Waals surface area contributed by atoms with E-state index in [4.69, 9.17) is 4.74 Å². The summed E-state index contributed by atoms with van der Waals surface area (Å²) in [5.74, 6) is 1.77. The molecule has 4 heterocycles. The van der Waals surface area contributed by atoms with Gasteiger partial charge in [-0.25, -0.2) is 0 Å². The summed E-state index contributed by atoms with van der Waals surface area (Å²) < 4.78 is 50.4. The first-order valence-electron chi connectivity index (χ1n) is 13.4. The van der Waals surface area contributed by atoms with Crippen LogP contribution in [0.1, 0.15) is 57.8 Å². The number of carbonyl (C=O) groups excluding carboxylic acids is 1. The number of ether oxygens (including phenoxy) is 1. The number of aromatic nitrogens is 3. The van der Waals surface area contributed by atoms with E-state index in [9.17, 15) is 18.0 Å². The van der Waals surface area contributed by atoms with Crippen molar-refractivity contribution in [3.63, 3.8) is 0 Å². The number of carbonyl (C=O) groups is 1. The van der Waals surface area contributed by atoms with Gasteiger partial charge >= 0.3 is 6.18 Å². The molecule has 3 atom stereocenters. The highest BCUT2D eigenvalue weighted by atomic mass is 19.4. The Bertz CT molecular complexity index is 1450.